The Morgan fingerprint density at radius 1 is 1.21 bits per heavy atom. The summed E-state index contributed by atoms with van der Waals surface area (Å²) in [7, 11) is 0. The lowest BCUT2D eigenvalue weighted by atomic mass is 10.0. The molecule has 1 unspecified atom stereocenters. The van der Waals surface area contributed by atoms with E-state index < -0.39 is 0 Å². The van der Waals surface area contributed by atoms with Crippen molar-refractivity contribution in [2.75, 3.05) is 0 Å². The van der Waals surface area contributed by atoms with E-state index in [-0.39, 0.29) is 6.04 Å². The Morgan fingerprint density at radius 2 is 1.95 bits per heavy atom. The molecule has 2 N–H and O–H groups in total. The minimum Gasteiger partial charge on any atom is -0.322 e. The molecule has 0 amide bonds. The molecule has 0 aliphatic carbocycles. The molecule has 4 nitrogen and oxygen atoms in total. The molecule has 19 heavy (non-hydrogen) atoms. The number of hydrogen-bond acceptors (Lipinski definition) is 3. The quantitative estimate of drug-likeness (QED) is 0.896. The molecule has 0 radical (unpaired) electrons. The van der Waals surface area contributed by atoms with Gasteiger partial charge in [-0.3, -0.25) is 0 Å². The first-order valence-corrected chi connectivity index (χ1v) is 6.89. The van der Waals surface area contributed by atoms with Gasteiger partial charge in [0.2, 0.25) is 0 Å². The van der Waals surface area contributed by atoms with E-state index in [0.717, 1.165) is 24.5 Å². The fourth-order valence-corrected chi connectivity index (χ4v) is 2.27. The fraction of sp³-hybridized carbons (Fsp3) is 0.467. The highest BCUT2D eigenvalue weighted by Gasteiger charge is 2.13. The summed E-state index contributed by atoms with van der Waals surface area (Å²) in [5.74, 6) is 1.91. The van der Waals surface area contributed by atoms with Gasteiger partial charge in [-0.25, -0.2) is 9.67 Å². The molecule has 1 heterocycles. The number of benzene rings is 1. The summed E-state index contributed by atoms with van der Waals surface area (Å²) in [5, 5.41) is 4.52. The predicted octanol–water partition coefficient (Wildman–Crippen LogP) is 2.41. The van der Waals surface area contributed by atoms with Crippen LogP contribution in [0.15, 0.2) is 24.3 Å². The lowest BCUT2D eigenvalue weighted by Crippen LogP contribution is -2.20. The lowest BCUT2D eigenvalue weighted by molar-refractivity contribution is 0.504. The third kappa shape index (κ3) is 3.01. The Labute approximate surface area is 114 Å². The van der Waals surface area contributed by atoms with E-state index >= 15 is 0 Å². The van der Waals surface area contributed by atoms with Crippen molar-refractivity contribution in [1.29, 1.82) is 0 Å². The molecule has 102 valence electrons. The maximum atomic E-state index is 6.31. The second-order valence-corrected chi connectivity index (χ2v) is 4.80. The van der Waals surface area contributed by atoms with Crippen LogP contribution in [0.25, 0.3) is 0 Å². The molecule has 0 saturated carbocycles. The van der Waals surface area contributed by atoms with Crippen molar-refractivity contribution in [2.45, 2.75) is 46.2 Å². The van der Waals surface area contributed by atoms with Crippen molar-refractivity contribution in [3.63, 3.8) is 0 Å². The average Bonchev–Trinajstić information content (AvgIpc) is 2.81. The molecule has 1 aromatic carbocycles. The van der Waals surface area contributed by atoms with Crippen LogP contribution in [0.1, 0.15) is 42.7 Å². The maximum Gasteiger partial charge on any atom is 0.150 e. The van der Waals surface area contributed by atoms with Crippen molar-refractivity contribution in [1.82, 2.24) is 14.8 Å². The predicted molar refractivity (Wildman–Crippen MR) is 76.9 cm³/mol. The SMILES string of the molecule is CCc1nc(CC)n(CC(N)c2ccccc2C)n1. The molecule has 2 rings (SSSR count). The largest absolute Gasteiger partial charge is 0.322 e. The molecule has 1 aromatic heterocycles. The summed E-state index contributed by atoms with van der Waals surface area (Å²) in [6, 6.07) is 8.20. The zero-order valence-corrected chi connectivity index (χ0v) is 11.9. The van der Waals surface area contributed by atoms with Gasteiger partial charge in [-0.05, 0) is 18.1 Å². The summed E-state index contributed by atoms with van der Waals surface area (Å²) in [6.45, 7) is 6.94. The van der Waals surface area contributed by atoms with Gasteiger partial charge < -0.3 is 5.73 Å². The van der Waals surface area contributed by atoms with Gasteiger partial charge in [-0.1, -0.05) is 38.1 Å². The number of aryl methyl sites for hydroxylation is 3. The zero-order valence-electron chi connectivity index (χ0n) is 11.9. The Bertz CT molecular complexity index is 545. The van der Waals surface area contributed by atoms with Crippen molar-refractivity contribution in [3.8, 4) is 0 Å². The fourth-order valence-electron chi connectivity index (χ4n) is 2.27. The van der Waals surface area contributed by atoms with Gasteiger partial charge in [0, 0.05) is 18.9 Å². The Kier molecular flexibility index (Phi) is 4.32. The number of aromatic nitrogens is 3. The molecule has 4 heteroatoms. The van der Waals surface area contributed by atoms with Gasteiger partial charge in [0.1, 0.15) is 5.82 Å². The van der Waals surface area contributed by atoms with Gasteiger partial charge in [0.05, 0.1) is 6.54 Å². The van der Waals surface area contributed by atoms with Crippen LogP contribution < -0.4 is 5.73 Å². The van der Waals surface area contributed by atoms with Crippen LogP contribution in [0, 0.1) is 6.92 Å². The van der Waals surface area contributed by atoms with E-state index in [1.807, 2.05) is 16.8 Å². The topological polar surface area (TPSA) is 56.7 Å². The zero-order chi connectivity index (χ0) is 13.8. The van der Waals surface area contributed by atoms with Crippen LogP contribution in [0.4, 0.5) is 0 Å². The normalized spacial score (nSPS) is 12.6. The molecule has 0 aliphatic rings. The first-order valence-electron chi connectivity index (χ1n) is 6.89. The number of nitrogens with zero attached hydrogens (tertiary/aromatic N) is 3. The van der Waals surface area contributed by atoms with E-state index in [4.69, 9.17) is 5.73 Å². The molecule has 0 saturated heterocycles. The van der Waals surface area contributed by atoms with Crippen molar-refractivity contribution in [2.24, 2.45) is 5.73 Å². The van der Waals surface area contributed by atoms with Crippen molar-refractivity contribution >= 4 is 0 Å². The summed E-state index contributed by atoms with van der Waals surface area (Å²) < 4.78 is 1.95. The summed E-state index contributed by atoms with van der Waals surface area (Å²) in [5.41, 5.74) is 8.72. The Balaban J connectivity index is 2.21. The van der Waals surface area contributed by atoms with Crippen LogP contribution in [-0.4, -0.2) is 14.8 Å². The van der Waals surface area contributed by atoms with Gasteiger partial charge >= 0.3 is 0 Å². The second kappa shape index (κ2) is 5.97. The highest BCUT2D eigenvalue weighted by molar-refractivity contribution is 5.28. The molecule has 2 aromatic rings. The van der Waals surface area contributed by atoms with E-state index in [0.29, 0.717) is 6.54 Å². The molecule has 0 aliphatic heterocycles. The minimum absolute atomic E-state index is 0.0436. The molecule has 0 bridgehead atoms. The third-order valence-corrected chi connectivity index (χ3v) is 3.38. The van der Waals surface area contributed by atoms with Gasteiger partial charge in [0.15, 0.2) is 5.82 Å². The van der Waals surface area contributed by atoms with Crippen LogP contribution in [0.3, 0.4) is 0 Å². The van der Waals surface area contributed by atoms with E-state index in [9.17, 15) is 0 Å². The Hall–Kier alpha value is -1.68. The third-order valence-electron chi connectivity index (χ3n) is 3.38. The molecule has 0 fully saturated rings. The van der Waals surface area contributed by atoms with Crippen LogP contribution in [-0.2, 0) is 19.4 Å². The van der Waals surface area contributed by atoms with Crippen LogP contribution >= 0.6 is 0 Å². The summed E-state index contributed by atoms with van der Waals surface area (Å²) >= 11 is 0. The smallest absolute Gasteiger partial charge is 0.150 e. The van der Waals surface area contributed by atoms with E-state index in [1.54, 1.807) is 0 Å². The Morgan fingerprint density at radius 3 is 2.58 bits per heavy atom. The first-order chi connectivity index (χ1) is 9.15. The average molecular weight is 258 g/mol. The van der Waals surface area contributed by atoms with Gasteiger partial charge in [0.25, 0.3) is 0 Å². The summed E-state index contributed by atoms with van der Waals surface area (Å²) in [6.07, 6.45) is 1.74. The monoisotopic (exact) mass is 258 g/mol. The lowest BCUT2D eigenvalue weighted by Gasteiger charge is -2.15. The van der Waals surface area contributed by atoms with Gasteiger partial charge in [-0.15, -0.1) is 0 Å². The van der Waals surface area contributed by atoms with Crippen molar-refractivity contribution < 1.29 is 0 Å². The number of rotatable bonds is 5. The number of nitrogens with two attached hydrogens (primary N) is 1. The molecule has 1 atom stereocenters. The van der Waals surface area contributed by atoms with E-state index in [2.05, 4.69) is 43.0 Å². The number of hydrogen-bond donors (Lipinski definition) is 1. The molecular formula is C15H22N4. The highest BCUT2D eigenvalue weighted by Crippen LogP contribution is 2.17. The van der Waals surface area contributed by atoms with E-state index in [1.165, 1.54) is 11.1 Å². The van der Waals surface area contributed by atoms with Crippen LogP contribution in [0.5, 0.6) is 0 Å². The minimum atomic E-state index is -0.0436. The first kappa shape index (κ1) is 13.7. The van der Waals surface area contributed by atoms with Crippen molar-refractivity contribution in [3.05, 3.63) is 47.0 Å². The maximum absolute atomic E-state index is 6.31. The highest BCUT2D eigenvalue weighted by atomic mass is 15.3. The van der Waals surface area contributed by atoms with Crippen LogP contribution in [0.2, 0.25) is 0 Å². The summed E-state index contributed by atoms with van der Waals surface area (Å²) in [4.78, 5) is 4.51. The second-order valence-electron chi connectivity index (χ2n) is 4.80. The van der Waals surface area contributed by atoms with Gasteiger partial charge in [-0.2, -0.15) is 5.10 Å². The molecule has 0 spiro atoms. The molecular weight excluding hydrogens is 236 g/mol. The standard InChI is InChI=1S/C15H22N4/c1-4-14-17-15(5-2)19(18-14)10-13(16)12-9-7-6-8-11(12)3/h6-9,13H,4-5,10,16H2,1-3H3.